The van der Waals surface area contributed by atoms with Gasteiger partial charge in [-0.1, -0.05) is 25.5 Å². The SMILES string of the molecule is CCCCC1=NN(C(=O)Cc2ccc([N+](=O)[O-])cc2)C(O)(C(F)(F)F)C1. The predicted molar refractivity (Wildman–Crippen MR) is 86.2 cm³/mol. The van der Waals surface area contributed by atoms with Gasteiger partial charge in [0.15, 0.2) is 0 Å². The topological polar surface area (TPSA) is 96.0 Å². The molecular weight excluding hydrogens is 355 g/mol. The molecule has 1 aromatic rings. The molecule has 1 unspecified atom stereocenters. The average Bonchev–Trinajstić information content (AvgIpc) is 2.91. The summed E-state index contributed by atoms with van der Waals surface area (Å²) in [6.07, 6.45) is -4.72. The molecule has 1 heterocycles. The summed E-state index contributed by atoms with van der Waals surface area (Å²) in [5.74, 6) is -1.04. The number of nitro benzene ring substituents is 1. The Labute approximate surface area is 147 Å². The molecule has 0 bridgehead atoms. The van der Waals surface area contributed by atoms with Crippen molar-refractivity contribution in [3.63, 3.8) is 0 Å². The molecule has 0 aromatic heterocycles. The minimum absolute atomic E-state index is 0.0966. The number of amides is 1. The van der Waals surface area contributed by atoms with E-state index in [2.05, 4.69) is 5.10 Å². The molecular formula is C16H18F3N3O4. The molecule has 2 rings (SSSR count). The lowest BCUT2D eigenvalue weighted by molar-refractivity contribution is -0.384. The number of nitro groups is 1. The first-order valence-corrected chi connectivity index (χ1v) is 8.00. The van der Waals surface area contributed by atoms with Crippen molar-refractivity contribution in [2.24, 2.45) is 5.10 Å². The first-order chi connectivity index (χ1) is 12.1. The first-order valence-electron chi connectivity index (χ1n) is 8.00. The maximum atomic E-state index is 13.3. The van der Waals surface area contributed by atoms with Crippen molar-refractivity contribution < 1.29 is 28.0 Å². The average molecular weight is 373 g/mol. The number of unbranched alkanes of at least 4 members (excludes halogenated alkanes) is 1. The van der Waals surface area contributed by atoms with Gasteiger partial charge in [-0.3, -0.25) is 14.9 Å². The minimum Gasteiger partial charge on any atom is -0.362 e. The Kier molecular flexibility index (Phi) is 5.65. The number of nitrogens with zero attached hydrogens (tertiary/aromatic N) is 3. The highest BCUT2D eigenvalue weighted by molar-refractivity contribution is 5.91. The Balaban J connectivity index is 2.22. The molecule has 0 aliphatic carbocycles. The van der Waals surface area contributed by atoms with E-state index in [1.165, 1.54) is 12.1 Å². The van der Waals surface area contributed by atoms with Gasteiger partial charge in [-0.25, -0.2) is 0 Å². The van der Waals surface area contributed by atoms with E-state index < -0.39 is 35.6 Å². The molecule has 0 radical (unpaired) electrons. The van der Waals surface area contributed by atoms with E-state index >= 15 is 0 Å². The summed E-state index contributed by atoms with van der Waals surface area (Å²) in [7, 11) is 0. The third kappa shape index (κ3) is 4.01. The molecule has 26 heavy (non-hydrogen) atoms. The quantitative estimate of drug-likeness (QED) is 0.612. The second-order valence-corrected chi connectivity index (χ2v) is 6.07. The molecule has 1 aromatic carbocycles. The van der Waals surface area contributed by atoms with Gasteiger partial charge in [0.05, 0.1) is 11.3 Å². The van der Waals surface area contributed by atoms with Crippen LogP contribution in [0.5, 0.6) is 0 Å². The Morgan fingerprint density at radius 1 is 1.38 bits per heavy atom. The number of aliphatic hydroxyl groups is 1. The Bertz CT molecular complexity index is 718. The normalized spacial score (nSPS) is 20.2. The maximum Gasteiger partial charge on any atom is 0.438 e. The monoisotopic (exact) mass is 373 g/mol. The molecule has 1 aliphatic rings. The number of non-ortho nitro benzene ring substituents is 1. The van der Waals surface area contributed by atoms with Crippen molar-refractivity contribution >= 4 is 17.3 Å². The van der Waals surface area contributed by atoms with Crippen molar-refractivity contribution in [3.05, 3.63) is 39.9 Å². The molecule has 1 N–H and O–H groups in total. The van der Waals surface area contributed by atoms with E-state index in [4.69, 9.17) is 0 Å². The highest BCUT2D eigenvalue weighted by Crippen LogP contribution is 2.41. The number of benzene rings is 1. The lowest BCUT2D eigenvalue weighted by Crippen LogP contribution is -2.57. The summed E-state index contributed by atoms with van der Waals surface area (Å²) in [5, 5.41) is 24.5. The van der Waals surface area contributed by atoms with E-state index in [0.29, 0.717) is 6.42 Å². The first kappa shape index (κ1) is 19.8. The van der Waals surface area contributed by atoms with Crippen LogP contribution in [0.15, 0.2) is 29.4 Å². The van der Waals surface area contributed by atoms with Crippen LogP contribution in [0.4, 0.5) is 18.9 Å². The van der Waals surface area contributed by atoms with Crippen LogP contribution in [-0.4, -0.2) is 38.6 Å². The van der Waals surface area contributed by atoms with Crippen molar-refractivity contribution in [1.29, 1.82) is 0 Å². The van der Waals surface area contributed by atoms with Crippen LogP contribution < -0.4 is 0 Å². The van der Waals surface area contributed by atoms with Gasteiger partial charge in [-0.05, 0) is 18.4 Å². The molecule has 0 saturated carbocycles. The number of carbonyl (C=O) groups is 1. The lowest BCUT2D eigenvalue weighted by atomic mass is 10.0. The Morgan fingerprint density at radius 2 is 2.00 bits per heavy atom. The molecule has 0 spiro atoms. The van der Waals surface area contributed by atoms with Crippen LogP contribution >= 0.6 is 0 Å². The van der Waals surface area contributed by atoms with Crippen molar-refractivity contribution in [3.8, 4) is 0 Å². The van der Waals surface area contributed by atoms with Gasteiger partial charge >= 0.3 is 6.18 Å². The number of alkyl halides is 3. The van der Waals surface area contributed by atoms with E-state index in [9.17, 15) is 33.2 Å². The smallest absolute Gasteiger partial charge is 0.362 e. The maximum absolute atomic E-state index is 13.3. The van der Waals surface area contributed by atoms with Gasteiger partial charge in [-0.15, -0.1) is 0 Å². The summed E-state index contributed by atoms with van der Waals surface area (Å²) < 4.78 is 40.0. The number of hydrogen-bond donors (Lipinski definition) is 1. The van der Waals surface area contributed by atoms with Crippen molar-refractivity contribution in [2.45, 2.75) is 50.9 Å². The number of rotatable bonds is 6. The fraction of sp³-hybridized carbons (Fsp3) is 0.500. The summed E-state index contributed by atoms with van der Waals surface area (Å²) >= 11 is 0. The Morgan fingerprint density at radius 3 is 2.50 bits per heavy atom. The van der Waals surface area contributed by atoms with Gasteiger partial charge in [0.25, 0.3) is 11.4 Å². The Hall–Kier alpha value is -2.49. The number of hydrogen-bond acceptors (Lipinski definition) is 5. The molecule has 0 saturated heterocycles. The van der Waals surface area contributed by atoms with Gasteiger partial charge in [-0.2, -0.15) is 23.3 Å². The molecule has 1 amide bonds. The van der Waals surface area contributed by atoms with Crippen LogP contribution in [0.3, 0.4) is 0 Å². The second-order valence-electron chi connectivity index (χ2n) is 6.07. The summed E-state index contributed by atoms with van der Waals surface area (Å²) in [4.78, 5) is 22.3. The number of hydrazone groups is 1. The fourth-order valence-corrected chi connectivity index (χ4v) is 2.61. The minimum atomic E-state index is -5.06. The zero-order valence-corrected chi connectivity index (χ0v) is 14.0. The van der Waals surface area contributed by atoms with Crippen LogP contribution in [-0.2, 0) is 11.2 Å². The predicted octanol–water partition coefficient (Wildman–Crippen LogP) is 3.17. The molecule has 142 valence electrons. The van der Waals surface area contributed by atoms with E-state index in [-0.39, 0.29) is 28.4 Å². The zero-order valence-electron chi connectivity index (χ0n) is 14.0. The van der Waals surface area contributed by atoms with Crippen LogP contribution in [0, 0.1) is 10.1 Å². The third-order valence-corrected chi connectivity index (χ3v) is 4.05. The van der Waals surface area contributed by atoms with Crippen LogP contribution in [0.25, 0.3) is 0 Å². The molecule has 7 nitrogen and oxygen atoms in total. The van der Waals surface area contributed by atoms with Gasteiger partial charge in [0.2, 0.25) is 5.91 Å². The number of carbonyl (C=O) groups excluding carboxylic acids is 1. The highest BCUT2D eigenvalue weighted by Gasteiger charge is 2.62. The van der Waals surface area contributed by atoms with E-state index in [1.54, 1.807) is 0 Å². The standard InChI is InChI=1S/C16H18F3N3O4/c1-2-3-4-12-10-15(24,16(17,18)19)21(20-12)14(23)9-11-5-7-13(8-6-11)22(25)26/h5-8,24H,2-4,9-10H2,1H3. The van der Waals surface area contributed by atoms with E-state index in [1.807, 2.05) is 6.92 Å². The van der Waals surface area contributed by atoms with Crippen molar-refractivity contribution in [2.75, 3.05) is 0 Å². The van der Waals surface area contributed by atoms with Crippen molar-refractivity contribution in [1.82, 2.24) is 5.01 Å². The number of halogens is 3. The van der Waals surface area contributed by atoms with E-state index in [0.717, 1.165) is 18.6 Å². The fourth-order valence-electron chi connectivity index (χ4n) is 2.61. The molecule has 1 aliphatic heterocycles. The second kappa shape index (κ2) is 7.40. The highest BCUT2D eigenvalue weighted by atomic mass is 19.4. The third-order valence-electron chi connectivity index (χ3n) is 4.05. The lowest BCUT2D eigenvalue weighted by Gasteiger charge is -2.32. The van der Waals surface area contributed by atoms with Crippen LogP contribution in [0.2, 0.25) is 0 Å². The van der Waals surface area contributed by atoms with Gasteiger partial charge in [0, 0.05) is 24.3 Å². The van der Waals surface area contributed by atoms with Gasteiger partial charge < -0.3 is 5.11 Å². The van der Waals surface area contributed by atoms with Gasteiger partial charge in [0.1, 0.15) is 0 Å². The largest absolute Gasteiger partial charge is 0.438 e. The summed E-state index contributed by atoms with van der Waals surface area (Å²) in [5.41, 5.74) is -3.17. The summed E-state index contributed by atoms with van der Waals surface area (Å²) in [6.45, 7) is 1.86. The summed E-state index contributed by atoms with van der Waals surface area (Å²) in [6, 6.07) is 4.86. The zero-order chi connectivity index (χ0) is 19.5. The molecule has 1 atom stereocenters. The molecule has 0 fully saturated rings. The molecule has 10 heteroatoms. The van der Waals surface area contributed by atoms with Crippen LogP contribution in [0.1, 0.15) is 38.2 Å².